The molecule has 0 fully saturated rings. The zero-order chi connectivity index (χ0) is 17.3. The quantitative estimate of drug-likeness (QED) is 0.749. The van der Waals surface area contributed by atoms with Gasteiger partial charge in [-0.25, -0.2) is 8.42 Å². The number of aryl methyl sites for hydroxylation is 1. The number of carbonyl (C=O) groups excluding carboxylic acids is 1. The average Bonchev–Trinajstić information content (AvgIpc) is 2.97. The summed E-state index contributed by atoms with van der Waals surface area (Å²) in [5, 5.41) is 3.40. The first-order chi connectivity index (χ1) is 11.4. The van der Waals surface area contributed by atoms with Crippen LogP contribution in [0.2, 0.25) is 0 Å². The standard InChI is InChI=1S/C17H16N2O3S2/c1-11-3-6-14(7-4-11)24(21,22)19-13-5-8-15-12(9-13)10-16(23-15)17(20)18-2/h3-10,19H,1-2H3,(H,18,20). The smallest absolute Gasteiger partial charge is 0.261 e. The summed E-state index contributed by atoms with van der Waals surface area (Å²) in [6, 6.07) is 13.6. The Morgan fingerprint density at radius 3 is 2.42 bits per heavy atom. The second-order valence-electron chi connectivity index (χ2n) is 5.36. The number of nitrogens with one attached hydrogen (secondary N) is 2. The topological polar surface area (TPSA) is 75.3 Å². The molecular weight excluding hydrogens is 344 g/mol. The van der Waals surface area contributed by atoms with Gasteiger partial charge in [0.15, 0.2) is 0 Å². The van der Waals surface area contributed by atoms with Crippen LogP contribution in [0.3, 0.4) is 0 Å². The van der Waals surface area contributed by atoms with Gasteiger partial charge in [-0.05, 0) is 48.7 Å². The number of carbonyl (C=O) groups is 1. The SMILES string of the molecule is CNC(=O)c1cc2cc(NS(=O)(=O)c3ccc(C)cc3)ccc2s1. The minimum absolute atomic E-state index is 0.155. The van der Waals surface area contributed by atoms with Crippen molar-refractivity contribution < 1.29 is 13.2 Å². The summed E-state index contributed by atoms with van der Waals surface area (Å²) in [4.78, 5) is 12.5. The average molecular weight is 360 g/mol. The summed E-state index contributed by atoms with van der Waals surface area (Å²) in [5.74, 6) is -0.155. The first kappa shape index (κ1) is 16.5. The number of sulfonamides is 1. The lowest BCUT2D eigenvalue weighted by molar-refractivity contribution is 0.0967. The molecule has 0 spiro atoms. The Morgan fingerprint density at radius 1 is 1.04 bits per heavy atom. The Morgan fingerprint density at radius 2 is 1.75 bits per heavy atom. The summed E-state index contributed by atoms with van der Waals surface area (Å²) < 4.78 is 28.4. The second kappa shape index (κ2) is 6.26. The summed E-state index contributed by atoms with van der Waals surface area (Å²) in [7, 11) is -2.06. The Labute approximate surface area is 144 Å². The van der Waals surface area contributed by atoms with Gasteiger partial charge in [0.05, 0.1) is 9.77 Å². The molecule has 0 atom stereocenters. The molecule has 0 saturated carbocycles. The zero-order valence-corrected chi connectivity index (χ0v) is 14.8. The molecule has 0 bridgehead atoms. The molecule has 3 aromatic rings. The van der Waals surface area contributed by atoms with Crippen LogP contribution in [-0.2, 0) is 10.0 Å². The van der Waals surface area contributed by atoms with Gasteiger partial charge in [-0.1, -0.05) is 17.7 Å². The molecule has 2 aromatic carbocycles. The fourth-order valence-corrected chi connectivity index (χ4v) is 4.31. The molecule has 124 valence electrons. The normalized spacial score (nSPS) is 11.4. The minimum Gasteiger partial charge on any atom is -0.354 e. The van der Waals surface area contributed by atoms with E-state index in [9.17, 15) is 13.2 Å². The van der Waals surface area contributed by atoms with Crippen LogP contribution in [-0.4, -0.2) is 21.4 Å². The Balaban J connectivity index is 1.92. The highest BCUT2D eigenvalue weighted by atomic mass is 32.2. The van der Waals surface area contributed by atoms with E-state index in [1.807, 2.05) is 6.92 Å². The Bertz CT molecular complexity index is 1010. The van der Waals surface area contributed by atoms with Crippen LogP contribution in [0, 0.1) is 6.92 Å². The van der Waals surface area contributed by atoms with Crippen molar-refractivity contribution in [1.29, 1.82) is 0 Å². The molecule has 0 unspecified atom stereocenters. The third-order valence-corrected chi connectivity index (χ3v) is 6.06. The number of thiophene rings is 1. The van der Waals surface area contributed by atoms with Crippen molar-refractivity contribution in [1.82, 2.24) is 5.32 Å². The molecule has 0 aliphatic rings. The van der Waals surface area contributed by atoms with Gasteiger partial charge in [-0.15, -0.1) is 11.3 Å². The molecule has 5 nitrogen and oxygen atoms in total. The van der Waals surface area contributed by atoms with Crippen LogP contribution in [0.5, 0.6) is 0 Å². The lowest BCUT2D eigenvalue weighted by Crippen LogP contribution is -2.15. The molecule has 7 heteroatoms. The fourth-order valence-electron chi connectivity index (χ4n) is 2.27. The van der Waals surface area contributed by atoms with E-state index >= 15 is 0 Å². The summed E-state index contributed by atoms with van der Waals surface area (Å²) >= 11 is 1.37. The van der Waals surface area contributed by atoms with E-state index in [4.69, 9.17) is 0 Å². The van der Waals surface area contributed by atoms with E-state index in [-0.39, 0.29) is 10.8 Å². The van der Waals surface area contributed by atoms with Crippen molar-refractivity contribution in [2.24, 2.45) is 0 Å². The van der Waals surface area contributed by atoms with Gasteiger partial charge >= 0.3 is 0 Å². The number of rotatable bonds is 4. The number of amides is 1. The summed E-state index contributed by atoms with van der Waals surface area (Å²) in [6.07, 6.45) is 0. The molecule has 24 heavy (non-hydrogen) atoms. The van der Waals surface area contributed by atoms with Gasteiger partial charge in [0.25, 0.3) is 15.9 Å². The van der Waals surface area contributed by atoms with E-state index in [1.165, 1.54) is 11.3 Å². The molecule has 3 rings (SSSR count). The molecular formula is C17H16N2O3S2. The Kier molecular flexibility index (Phi) is 4.29. The van der Waals surface area contributed by atoms with E-state index in [2.05, 4.69) is 10.0 Å². The van der Waals surface area contributed by atoms with Crippen LogP contribution in [0.4, 0.5) is 5.69 Å². The maximum absolute atomic E-state index is 12.4. The summed E-state index contributed by atoms with van der Waals surface area (Å²) in [5.41, 5.74) is 1.46. The zero-order valence-electron chi connectivity index (χ0n) is 13.2. The third-order valence-electron chi connectivity index (χ3n) is 3.55. The van der Waals surface area contributed by atoms with Gasteiger partial charge in [-0.2, -0.15) is 0 Å². The van der Waals surface area contributed by atoms with Gasteiger partial charge in [-0.3, -0.25) is 9.52 Å². The van der Waals surface area contributed by atoms with E-state index in [0.29, 0.717) is 10.6 Å². The predicted octanol–water partition coefficient (Wildman–Crippen LogP) is 3.37. The van der Waals surface area contributed by atoms with Gasteiger partial charge in [0.2, 0.25) is 0 Å². The molecule has 1 heterocycles. The summed E-state index contributed by atoms with van der Waals surface area (Å²) in [6.45, 7) is 1.90. The van der Waals surface area contributed by atoms with Crippen LogP contribution >= 0.6 is 11.3 Å². The van der Waals surface area contributed by atoms with Crippen molar-refractivity contribution in [3.8, 4) is 0 Å². The number of benzene rings is 2. The fraction of sp³-hybridized carbons (Fsp3) is 0.118. The van der Waals surface area contributed by atoms with E-state index in [0.717, 1.165) is 15.6 Å². The van der Waals surface area contributed by atoms with Crippen molar-refractivity contribution in [2.75, 3.05) is 11.8 Å². The molecule has 1 aromatic heterocycles. The van der Waals surface area contributed by atoms with Crippen LogP contribution < -0.4 is 10.0 Å². The van der Waals surface area contributed by atoms with Gasteiger partial charge in [0.1, 0.15) is 0 Å². The monoisotopic (exact) mass is 360 g/mol. The van der Waals surface area contributed by atoms with E-state index < -0.39 is 10.0 Å². The molecule has 0 radical (unpaired) electrons. The lowest BCUT2D eigenvalue weighted by Gasteiger charge is -2.08. The predicted molar refractivity (Wildman–Crippen MR) is 97.2 cm³/mol. The first-order valence-corrected chi connectivity index (χ1v) is 9.54. The Hall–Kier alpha value is -2.38. The number of hydrogen-bond acceptors (Lipinski definition) is 4. The highest BCUT2D eigenvalue weighted by Gasteiger charge is 2.15. The van der Waals surface area contributed by atoms with Crippen molar-refractivity contribution in [2.45, 2.75) is 11.8 Å². The van der Waals surface area contributed by atoms with Crippen molar-refractivity contribution >= 4 is 43.0 Å². The number of fused-ring (bicyclic) bond motifs is 1. The molecule has 0 saturated heterocycles. The molecule has 0 aliphatic carbocycles. The van der Waals surface area contributed by atoms with Crippen LogP contribution in [0.15, 0.2) is 53.4 Å². The lowest BCUT2D eigenvalue weighted by atomic mass is 10.2. The van der Waals surface area contributed by atoms with Crippen LogP contribution in [0.25, 0.3) is 10.1 Å². The maximum atomic E-state index is 12.4. The minimum atomic E-state index is -3.64. The molecule has 2 N–H and O–H groups in total. The number of anilines is 1. The maximum Gasteiger partial charge on any atom is 0.261 e. The third kappa shape index (κ3) is 3.27. The molecule has 0 aliphatic heterocycles. The first-order valence-electron chi connectivity index (χ1n) is 7.24. The number of hydrogen-bond donors (Lipinski definition) is 2. The highest BCUT2D eigenvalue weighted by molar-refractivity contribution is 7.92. The van der Waals surface area contributed by atoms with Crippen molar-refractivity contribution in [3.05, 3.63) is 59.0 Å². The molecule has 1 amide bonds. The highest BCUT2D eigenvalue weighted by Crippen LogP contribution is 2.29. The van der Waals surface area contributed by atoms with Gasteiger partial charge in [0, 0.05) is 17.4 Å². The largest absolute Gasteiger partial charge is 0.354 e. The van der Waals surface area contributed by atoms with Gasteiger partial charge < -0.3 is 5.32 Å². The second-order valence-corrected chi connectivity index (χ2v) is 8.13. The van der Waals surface area contributed by atoms with Crippen molar-refractivity contribution in [3.63, 3.8) is 0 Å². The van der Waals surface area contributed by atoms with Crippen LogP contribution in [0.1, 0.15) is 15.2 Å². The van der Waals surface area contributed by atoms with E-state index in [1.54, 1.807) is 55.6 Å².